The number of carbonyl (C=O) groups is 2. The fraction of sp³-hybridized carbons (Fsp3) is 0.389. The average Bonchev–Trinajstić information content (AvgIpc) is 3.15. The van der Waals surface area contributed by atoms with E-state index in [-0.39, 0.29) is 30.2 Å². The predicted molar refractivity (Wildman–Crippen MR) is 89.5 cm³/mol. The second-order valence-electron chi connectivity index (χ2n) is 6.46. The maximum absolute atomic E-state index is 13.1. The topological polar surface area (TPSA) is 67.2 Å². The van der Waals surface area contributed by atoms with E-state index in [4.69, 9.17) is 0 Å². The van der Waals surface area contributed by atoms with Crippen molar-refractivity contribution in [1.82, 2.24) is 14.7 Å². The lowest BCUT2D eigenvalue weighted by molar-refractivity contribution is -0.136. The highest BCUT2D eigenvalue weighted by atomic mass is 16.2. The van der Waals surface area contributed by atoms with E-state index in [1.807, 2.05) is 46.1 Å². The number of amides is 2. The highest BCUT2D eigenvalue weighted by molar-refractivity contribution is 6.01. The van der Waals surface area contributed by atoms with E-state index in [2.05, 4.69) is 10.4 Å². The van der Waals surface area contributed by atoms with Crippen molar-refractivity contribution in [2.24, 2.45) is 0 Å². The summed E-state index contributed by atoms with van der Waals surface area (Å²) >= 11 is 0. The summed E-state index contributed by atoms with van der Waals surface area (Å²) in [6.07, 6.45) is 5.91. The Hall–Kier alpha value is -2.63. The van der Waals surface area contributed by atoms with Gasteiger partial charge in [0.2, 0.25) is 11.8 Å². The molecule has 3 heterocycles. The monoisotopic (exact) mass is 324 g/mol. The van der Waals surface area contributed by atoms with Crippen molar-refractivity contribution in [3.8, 4) is 0 Å². The third-order valence-electron chi connectivity index (χ3n) is 4.91. The van der Waals surface area contributed by atoms with E-state index < -0.39 is 0 Å². The van der Waals surface area contributed by atoms with Crippen molar-refractivity contribution in [3.05, 3.63) is 48.3 Å². The zero-order valence-electron chi connectivity index (χ0n) is 13.4. The summed E-state index contributed by atoms with van der Waals surface area (Å²) in [5.74, 6) is -0.423. The molecule has 1 fully saturated rings. The molecule has 6 heteroatoms. The molecule has 124 valence electrons. The molecular weight excluding hydrogens is 304 g/mol. The molecule has 1 N–H and O–H groups in total. The van der Waals surface area contributed by atoms with E-state index >= 15 is 0 Å². The summed E-state index contributed by atoms with van der Waals surface area (Å²) in [4.78, 5) is 27.0. The van der Waals surface area contributed by atoms with Crippen LogP contribution in [0.1, 0.15) is 36.8 Å². The maximum Gasteiger partial charge on any atom is 0.230 e. The largest absolute Gasteiger partial charge is 0.340 e. The number of para-hydroxylation sites is 1. The minimum atomic E-state index is -0.383. The van der Waals surface area contributed by atoms with Crippen molar-refractivity contribution in [2.45, 2.75) is 31.2 Å². The van der Waals surface area contributed by atoms with Crippen LogP contribution in [0.4, 0.5) is 5.69 Å². The number of anilines is 1. The number of likely N-dealkylation sites (tertiary alicyclic amines) is 1. The van der Waals surface area contributed by atoms with E-state index in [0.717, 1.165) is 30.6 Å². The summed E-state index contributed by atoms with van der Waals surface area (Å²) in [5, 5.41) is 7.16. The number of carbonyl (C=O) groups excluding carboxylic acids is 2. The van der Waals surface area contributed by atoms with Crippen molar-refractivity contribution >= 4 is 17.5 Å². The van der Waals surface area contributed by atoms with Gasteiger partial charge in [0.15, 0.2) is 0 Å². The molecule has 1 aromatic heterocycles. The highest BCUT2D eigenvalue weighted by Gasteiger charge is 2.35. The smallest absolute Gasteiger partial charge is 0.230 e. The van der Waals surface area contributed by atoms with Crippen LogP contribution in [0.25, 0.3) is 0 Å². The summed E-state index contributed by atoms with van der Waals surface area (Å²) < 4.78 is 1.93. The molecule has 2 aliphatic heterocycles. The minimum Gasteiger partial charge on any atom is -0.340 e. The molecule has 2 aliphatic rings. The summed E-state index contributed by atoms with van der Waals surface area (Å²) in [6, 6.07) is 9.70. The third kappa shape index (κ3) is 2.68. The van der Waals surface area contributed by atoms with Gasteiger partial charge in [0.1, 0.15) is 0 Å². The Kier molecular flexibility index (Phi) is 3.80. The summed E-state index contributed by atoms with van der Waals surface area (Å²) in [5.41, 5.74) is 1.68. The van der Waals surface area contributed by atoms with E-state index in [0.29, 0.717) is 6.54 Å². The highest BCUT2D eigenvalue weighted by Crippen LogP contribution is 2.34. The number of aromatic nitrogens is 2. The Morgan fingerprint density at radius 1 is 1.25 bits per heavy atom. The zero-order valence-corrected chi connectivity index (χ0v) is 13.4. The van der Waals surface area contributed by atoms with Gasteiger partial charge >= 0.3 is 0 Å². The van der Waals surface area contributed by atoms with Crippen LogP contribution in [0.3, 0.4) is 0 Å². The number of rotatable bonds is 2. The molecule has 0 radical (unpaired) electrons. The second-order valence-corrected chi connectivity index (χ2v) is 6.46. The number of fused-ring (bicyclic) bond motifs is 1. The molecule has 0 bridgehead atoms. The number of nitrogens with zero attached hydrogens (tertiary/aromatic N) is 3. The third-order valence-corrected chi connectivity index (χ3v) is 4.91. The fourth-order valence-corrected chi connectivity index (χ4v) is 3.72. The molecule has 2 amide bonds. The van der Waals surface area contributed by atoms with Crippen molar-refractivity contribution in [3.63, 3.8) is 0 Å². The van der Waals surface area contributed by atoms with Gasteiger partial charge in [-0.25, -0.2) is 0 Å². The first-order chi connectivity index (χ1) is 11.7. The van der Waals surface area contributed by atoms with Gasteiger partial charge in [-0.1, -0.05) is 18.2 Å². The van der Waals surface area contributed by atoms with Crippen LogP contribution in [0.2, 0.25) is 0 Å². The number of piperidine rings is 1. The molecule has 1 aromatic carbocycles. The SMILES string of the molecule is O=C1C[C@H](C(=O)N2CCC[C@H](n3cccn3)C2)c2ccccc2N1. The molecule has 0 unspecified atom stereocenters. The molecule has 24 heavy (non-hydrogen) atoms. The van der Waals surface area contributed by atoms with Gasteiger partial charge in [0, 0.05) is 37.6 Å². The van der Waals surface area contributed by atoms with Crippen molar-refractivity contribution in [1.29, 1.82) is 0 Å². The number of nitrogens with one attached hydrogen (secondary N) is 1. The maximum atomic E-state index is 13.1. The molecule has 2 atom stereocenters. The van der Waals surface area contributed by atoms with Crippen LogP contribution in [0, 0.1) is 0 Å². The van der Waals surface area contributed by atoms with Gasteiger partial charge < -0.3 is 10.2 Å². The van der Waals surface area contributed by atoms with Gasteiger partial charge in [-0.05, 0) is 30.5 Å². The van der Waals surface area contributed by atoms with Gasteiger partial charge in [-0.15, -0.1) is 0 Å². The van der Waals surface area contributed by atoms with Crippen molar-refractivity contribution in [2.75, 3.05) is 18.4 Å². The lowest BCUT2D eigenvalue weighted by Gasteiger charge is -2.36. The normalized spacial score (nSPS) is 23.5. The lowest BCUT2D eigenvalue weighted by atomic mass is 9.88. The Morgan fingerprint density at radius 2 is 2.12 bits per heavy atom. The second kappa shape index (κ2) is 6.11. The molecule has 2 aromatic rings. The fourth-order valence-electron chi connectivity index (χ4n) is 3.72. The standard InChI is InChI=1S/C18H20N4O2/c23-17-11-15(14-6-1-2-7-16(14)20-17)18(24)21-9-3-5-13(12-21)22-10-4-8-19-22/h1-2,4,6-8,10,13,15H,3,5,9,11-12H2,(H,20,23)/t13-,15-/m0/s1. The number of hydrogen-bond acceptors (Lipinski definition) is 3. The lowest BCUT2D eigenvalue weighted by Crippen LogP contribution is -2.44. The summed E-state index contributed by atoms with van der Waals surface area (Å²) in [7, 11) is 0. The molecule has 1 saturated heterocycles. The first kappa shape index (κ1) is 14.9. The predicted octanol–water partition coefficient (Wildman–Crippen LogP) is 2.17. The Labute approximate surface area is 140 Å². The van der Waals surface area contributed by atoms with E-state index in [1.54, 1.807) is 6.20 Å². The van der Waals surface area contributed by atoms with Crippen LogP contribution in [0.5, 0.6) is 0 Å². The Morgan fingerprint density at radius 3 is 2.96 bits per heavy atom. The van der Waals surface area contributed by atoms with Gasteiger partial charge in [0.05, 0.1) is 12.0 Å². The van der Waals surface area contributed by atoms with Gasteiger partial charge in [-0.2, -0.15) is 5.10 Å². The average molecular weight is 324 g/mol. The molecule has 6 nitrogen and oxygen atoms in total. The molecule has 4 rings (SSSR count). The van der Waals surface area contributed by atoms with E-state index in [9.17, 15) is 9.59 Å². The number of hydrogen-bond donors (Lipinski definition) is 1. The van der Waals surface area contributed by atoms with Gasteiger partial charge in [0.25, 0.3) is 0 Å². The van der Waals surface area contributed by atoms with E-state index in [1.165, 1.54) is 0 Å². The summed E-state index contributed by atoms with van der Waals surface area (Å²) in [6.45, 7) is 1.40. The van der Waals surface area contributed by atoms with Gasteiger partial charge in [-0.3, -0.25) is 14.3 Å². The first-order valence-electron chi connectivity index (χ1n) is 8.39. The molecular formula is C18H20N4O2. The molecule has 0 aliphatic carbocycles. The van der Waals surface area contributed by atoms with Crippen LogP contribution < -0.4 is 5.32 Å². The van der Waals surface area contributed by atoms with Crippen LogP contribution >= 0.6 is 0 Å². The molecule has 0 saturated carbocycles. The first-order valence-corrected chi connectivity index (χ1v) is 8.39. The van der Waals surface area contributed by atoms with Crippen LogP contribution in [-0.4, -0.2) is 39.6 Å². The number of benzene rings is 1. The van der Waals surface area contributed by atoms with Crippen LogP contribution in [-0.2, 0) is 9.59 Å². The quantitative estimate of drug-likeness (QED) is 0.920. The Balaban J connectivity index is 1.56. The zero-order chi connectivity index (χ0) is 16.5. The van der Waals surface area contributed by atoms with Crippen LogP contribution in [0.15, 0.2) is 42.7 Å². The molecule has 0 spiro atoms. The van der Waals surface area contributed by atoms with Crippen molar-refractivity contribution < 1.29 is 9.59 Å². The minimum absolute atomic E-state index is 0.0501. The Bertz CT molecular complexity index is 756.